The van der Waals surface area contributed by atoms with Gasteiger partial charge in [0.2, 0.25) is 0 Å². The first kappa shape index (κ1) is 14.0. The van der Waals surface area contributed by atoms with Crippen LogP contribution in [-0.4, -0.2) is 13.2 Å². The smallest absolute Gasteiger partial charge is 0.124 e. The number of para-hydroxylation sites is 1. The summed E-state index contributed by atoms with van der Waals surface area (Å²) < 4.78 is 5.87. The molecule has 0 bridgehead atoms. The van der Waals surface area contributed by atoms with Crippen molar-refractivity contribution in [2.45, 2.75) is 46.1 Å². The van der Waals surface area contributed by atoms with E-state index < -0.39 is 0 Å². The van der Waals surface area contributed by atoms with E-state index in [1.165, 1.54) is 18.4 Å². The Morgan fingerprint density at radius 1 is 1.18 bits per heavy atom. The van der Waals surface area contributed by atoms with Crippen molar-refractivity contribution in [2.75, 3.05) is 13.2 Å². The van der Waals surface area contributed by atoms with Gasteiger partial charge in [0.1, 0.15) is 5.75 Å². The van der Waals surface area contributed by atoms with E-state index in [0.29, 0.717) is 6.04 Å². The lowest BCUT2D eigenvalue weighted by molar-refractivity contribution is 0.300. The molecule has 1 rings (SSSR count). The Morgan fingerprint density at radius 3 is 2.65 bits per heavy atom. The standard InChI is InChI=1S/C15H25NO/c1-4-6-9-12-17-15-11-8-7-10-14(15)13(3)16-5-2/h7-8,10-11,13,16H,4-6,9,12H2,1-3H3. The quantitative estimate of drug-likeness (QED) is 0.689. The summed E-state index contributed by atoms with van der Waals surface area (Å²) in [6.07, 6.45) is 3.62. The highest BCUT2D eigenvalue weighted by Crippen LogP contribution is 2.24. The van der Waals surface area contributed by atoms with E-state index >= 15 is 0 Å². The average Bonchev–Trinajstić information content (AvgIpc) is 2.35. The predicted molar refractivity (Wildman–Crippen MR) is 73.6 cm³/mol. The van der Waals surface area contributed by atoms with Gasteiger partial charge in [0.25, 0.3) is 0 Å². The highest BCUT2D eigenvalue weighted by molar-refractivity contribution is 5.35. The van der Waals surface area contributed by atoms with Gasteiger partial charge in [-0.25, -0.2) is 0 Å². The minimum atomic E-state index is 0.349. The number of benzene rings is 1. The van der Waals surface area contributed by atoms with Crippen molar-refractivity contribution in [3.63, 3.8) is 0 Å². The van der Waals surface area contributed by atoms with E-state index in [0.717, 1.165) is 25.3 Å². The largest absolute Gasteiger partial charge is 0.493 e. The lowest BCUT2D eigenvalue weighted by Crippen LogP contribution is -2.18. The van der Waals surface area contributed by atoms with Crippen LogP contribution in [0.15, 0.2) is 24.3 Å². The summed E-state index contributed by atoms with van der Waals surface area (Å²) in [5, 5.41) is 3.42. The minimum absolute atomic E-state index is 0.349. The summed E-state index contributed by atoms with van der Waals surface area (Å²) in [4.78, 5) is 0. The van der Waals surface area contributed by atoms with Gasteiger partial charge >= 0.3 is 0 Å². The lowest BCUT2D eigenvalue weighted by atomic mass is 10.1. The van der Waals surface area contributed by atoms with Crippen LogP contribution in [0.4, 0.5) is 0 Å². The molecule has 1 unspecified atom stereocenters. The Balaban J connectivity index is 2.57. The van der Waals surface area contributed by atoms with Gasteiger partial charge in [-0.3, -0.25) is 0 Å². The van der Waals surface area contributed by atoms with Gasteiger partial charge in [-0.1, -0.05) is 44.9 Å². The lowest BCUT2D eigenvalue weighted by Gasteiger charge is -2.17. The predicted octanol–water partition coefficient (Wildman–Crippen LogP) is 3.93. The molecule has 96 valence electrons. The molecule has 2 nitrogen and oxygen atoms in total. The van der Waals surface area contributed by atoms with Crippen LogP contribution < -0.4 is 10.1 Å². The number of unbranched alkanes of at least 4 members (excludes halogenated alkanes) is 2. The van der Waals surface area contributed by atoms with Gasteiger partial charge in [0, 0.05) is 11.6 Å². The molecular weight excluding hydrogens is 210 g/mol. The zero-order valence-electron chi connectivity index (χ0n) is 11.3. The first-order valence-corrected chi connectivity index (χ1v) is 6.74. The fourth-order valence-corrected chi connectivity index (χ4v) is 1.92. The molecule has 0 amide bonds. The molecule has 0 aliphatic rings. The third-order valence-corrected chi connectivity index (χ3v) is 2.90. The Bertz CT molecular complexity index is 312. The molecule has 0 aliphatic heterocycles. The van der Waals surface area contributed by atoms with Crippen LogP contribution in [0, 0.1) is 0 Å². The molecule has 0 aromatic heterocycles. The molecule has 0 heterocycles. The van der Waals surface area contributed by atoms with Crippen LogP contribution in [-0.2, 0) is 0 Å². The van der Waals surface area contributed by atoms with Crippen LogP contribution in [0.25, 0.3) is 0 Å². The summed E-state index contributed by atoms with van der Waals surface area (Å²) in [6.45, 7) is 8.31. The van der Waals surface area contributed by atoms with E-state index in [-0.39, 0.29) is 0 Å². The third-order valence-electron chi connectivity index (χ3n) is 2.90. The van der Waals surface area contributed by atoms with E-state index in [4.69, 9.17) is 4.74 Å². The molecule has 0 radical (unpaired) electrons. The summed E-state index contributed by atoms with van der Waals surface area (Å²) in [5.41, 5.74) is 1.26. The second-order valence-electron chi connectivity index (χ2n) is 4.37. The monoisotopic (exact) mass is 235 g/mol. The van der Waals surface area contributed by atoms with E-state index in [9.17, 15) is 0 Å². The number of hydrogen-bond acceptors (Lipinski definition) is 2. The van der Waals surface area contributed by atoms with Gasteiger partial charge in [0.05, 0.1) is 6.61 Å². The summed E-state index contributed by atoms with van der Waals surface area (Å²) >= 11 is 0. The molecule has 1 aromatic carbocycles. The first-order valence-electron chi connectivity index (χ1n) is 6.74. The molecule has 1 N–H and O–H groups in total. The molecule has 2 heteroatoms. The number of nitrogens with one attached hydrogen (secondary N) is 1. The topological polar surface area (TPSA) is 21.3 Å². The van der Waals surface area contributed by atoms with Crippen LogP contribution in [0.1, 0.15) is 51.6 Å². The maximum atomic E-state index is 5.87. The van der Waals surface area contributed by atoms with Gasteiger partial charge in [-0.05, 0) is 26.0 Å². The molecule has 0 saturated heterocycles. The van der Waals surface area contributed by atoms with Gasteiger partial charge < -0.3 is 10.1 Å². The fraction of sp³-hybridized carbons (Fsp3) is 0.600. The van der Waals surface area contributed by atoms with Crippen molar-refractivity contribution in [1.82, 2.24) is 5.32 Å². The summed E-state index contributed by atoms with van der Waals surface area (Å²) in [7, 11) is 0. The Labute approximate surface area is 105 Å². The van der Waals surface area contributed by atoms with Crippen LogP contribution >= 0.6 is 0 Å². The van der Waals surface area contributed by atoms with Crippen molar-refractivity contribution in [2.24, 2.45) is 0 Å². The van der Waals surface area contributed by atoms with Gasteiger partial charge in [0.15, 0.2) is 0 Å². The van der Waals surface area contributed by atoms with E-state index in [1.807, 2.05) is 6.07 Å². The zero-order valence-corrected chi connectivity index (χ0v) is 11.3. The van der Waals surface area contributed by atoms with Crippen molar-refractivity contribution < 1.29 is 4.74 Å². The number of hydrogen-bond donors (Lipinski definition) is 1. The summed E-state index contributed by atoms with van der Waals surface area (Å²) in [5.74, 6) is 1.03. The van der Waals surface area contributed by atoms with Crippen molar-refractivity contribution in [1.29, 1.82) is 0 Å². The van der Waals surface area contributed by atoms with Gasteiger partial charge in [-0.2, -0.15) is 0 Å². The van der Waals surface area contributed by atoms with Crippen molar-refractivity contribution >= 4 is 0 Å². The van der Waals surface area contributed by atoms with Crippen molar-refractivity contribution in [3.05, 3.63) is 29.8 Å². The minimum Gasteiger partial charge on any atom is -0.493 e. The van der Waals surface area contributed by atoms with Gasteiger partial charge in [-0.15, -0.1) is 0 Å². The molecule has 17 heavy (non-hydrogen) atoms. The molecular formula is C15H25NO. The first-order chi connectivity index (χ1) is 8.29. The third kappa shape index (κ3) is 4.78. The average molecular weight is 235 g/mol. The molecule has 0 saturated carbocycles. The Morgan fingerprint density at radius 2 is 1.94 bits per heavy atom. The normalized spacial score (nSPS) is 12.4. The SMILES string of the molecule is CCCCCOc1ccccc1C(C)NCC. The van der Waals surface area contributed by atoms with Crippen LogP contribution in [0.5, 0.6) is 5.75 Å². The number of rotatable bonds is 8. The summed E-state index contributed by atoms with van der Waals surface area (Å²) in [6, 6.07) is 8.67. The maximum absolute atomic E-state index is 5.87. The van der Waals surface area contributed by atoms with Crippen molar-refractivity contribution in [3.8, 4) is 5.75 Å². The number of ether oxygens (including phenoxy) is 1. The Hall–Kier alpha value is -1.02. The zero-order chi connectivity index (χ0) is 12.5. The Kier molecular flexibility index (Phi) is 6.71. The van der Waals surface area contributed by atoms with Crippen LogP contribution in [0.3, 0.4) is 0 Å². The molecule has 1 atom stereocenters. The highest BCUT2D eigenvalue weighted by Gasteiger charge is 2.09. The molecule has 0 spiro atoms. The molecule has 0 fully saturated rings. The second kappa shape index (κ2) is 8.13. The second-order valence-corrected chi connectivity index (χ2v) is 4.37. The molecule has 1 aromatic rings. The van der Waals surface area contributed by atoms with E-state index in [1.54, 1.807) is 0 Å². The highest BCUT2D eigenvalue weighted by atomic mass is 16.5. The molecule has 0 aliphatic carbocycles. The fourth-order valence-electron chi connectivity index (χ4n) is 1.92. The maximum Gasteiger partial charge on any atom is 0.124 e. The van der Waals surface area contributed by atoms with Crippen LogP contribution in [0.2, 0.25) is 0 Å². The van der Waals surface area contributed by atoms with E-state index in [2.05, 4.69) is 44.3 Å².